The molecule has 0 radical (unpaired) electrons. The van der Waals surface area contributed by atoms with Crippen molar-refractivity contribution in [3.63, 3.8) is 0 Å². The van der Waals surface area contributed by atoms with Gasteiger partial charge in [-0.05, 0) is 36.8 Å². The molecule has 0 aromatic rings. The lowest BCUT2D eigenvalue weighted by atomic mass is 9.70. The third kappa shape index (κ3) is 5.85. The van der Waals surface area contributed by atoms with E-state index in [9.17, 15) is 40.9 Å². The summed E-state index contributed by atoms with van der Waals surface area (Å²) in [6.07, 6.45) is -9.47. The summed E-state index contributed by atoms with van der Waals surface area (Å²) in [5, 5.41) is 81.5. The molecule has 3 rings (SSSR count). The lowest BCUT2D eigenvalue weighted by Crippen LogP contribution is -2.62. The molecule has 11 unspecified atom stereocenters. The normalized spacial score (nSPS) is 44.4. The fraction of sp³-hybridized carbons (Fsp3) is 0.833. The molecule has 0 bridgehead atoms. The summed E-state index contributed by atoms with van der Waals surface area (Å²) in [5.41, 5.74) is -0.957. The van der Waals surface area contributed by atoms with Gasteiger partial charge >= 0.3 is 0 Å². The number of rotatable bonds is 8. The van der Waals surface area contributed by atoms with Crippen molar-refractivity contribution in [3.05, 3.63) is 23.3 Å². The highest BCUT2D eigenvalue weighted by Gasteiger charge is 2.54. The number of ether oxygens (including phenoxy) is 4. The van der Waals surface area contributed by atoms with Crippen LogP contribution in [0.4, 0.5) is 0 Å². The second-order valence-corrected chi connectivity index (χ2v) is 10.6. The van der Waals surface area contributed by atoms with Gasteiger partial charge in [0, 0.05) is 0 Å². The number of allylic oxidation sites excluding steroid dienone is 2. The maximum atomic E-state index is 10.9. The monoisotopic (exact) mass is 520 g/mol. The molecule has 0 spiro atoms. The number of hydrogen-bond acceptors (Lipinski definition) is 12. The summed E-state index contributed by atoms with van der Waals surface area (Å²) in [4.78, 5) is 0. The summed E-state index contributed by atoms with van der Waals surface area (Å²) in [7, 11) is 0. The minimum absolute atomic E-state index is 0.301. The predicted octanol–water partition coefficient (Wildman–Crippen LogP) is -2.32. The van der Waals surface area contributed by atoms with Crippen molar-refractivity contribution in [2.24, 2.45) is 5.41 Å². The molecule has 0 amide bonds. The van der Waals surface area contributed by atoms with Gasteiger partial charge in [0.1, 0.15) is 42.2 Å². The summed E-state index contributed by atoms with van der Waals surface area (Å²) >= 11 is 0. The highest BCUT2D eigenvalue weighted by atomic mass is 16.8. The largest absolute Gasteiger partial charge is 0.394 e. The van der Waals surface area contributed by atoms with Gasteiger partial charge in [0.2, 0.25) is 0 Å². The number of aliphatic hydroxyl groups is 8. The summed E-state index contributed by atoms with van der Waals surface area (Å²) in [6.45, 7) is 5.38. The van der Waals surface area contributed by atoms with Crippen molar-refractivity contribution in [1.29, 1.82) is 0 Å². The third-order valence-corrected chi connectivity index (χ3v) is 7.17. The second kappa shape index (κ2) is 11.4. The zero-order valence-corrected chi connectivity index (χ0v) is 21.0. The van der Waals surface area contributed by atoms with Crippen LogP contribution in [0.1, 0.15) is 34.1 Å². The molecular formula is C24H40O12. The van der Waals surface area contributed by atoms with Crippen LogP contribution in [0.25, 0.3) is 0 Å². The molecule has 11 atom stereocenters. The van der Waals surface area contributed by atoms with Crippen LogP contribution in [0, 0.1) is 5.41 Å². The van der Waals surface area contributed by atoms with Crippen molar-refractivity contribution >= 4 is 0 Å². The Kier molecular flexibility index (Phi) is 9.36. The van der Waals surface area contributed by atoms with E-state index < -0.39 is 92.2 Å². The highest BCUT2D eigenvalue weighted by molar-refractivity contribution is 5.36. The van der Waals surface area contributed by atoms with Crippen molar-refractivity contribution in [3.8, 4) is 0 Å². The molecule has 12 heteroatoms. The summed E-state index contributed by atoms with van der Waals surface area (Å²) < 4.78 is 22.7. The van der Waals surface area contributed by atoms with Gasteiger partial charge in [-0.25, -0.2) is 0 Å². The maximum absolute atomic E-state index is 10.9. The minimum atomic E-state index is -1.98. The first-order valence-corrected chi connectivity index (χ1v) is 12.1. The molecule has 1 aliphatic carbocycles. The average molecular weight is 521 g/mol. The molecule has 2 fully saturated rings. The number of aliphatic hydroxyl groups excluding tert-OH is 7. The van der Waals surface area contributed by atoms with E-state index in [-0.39, 0.29) is 0 Å². The minimum Gasteiger partial charge on any atom is -0.394 e. The zero-order valence-electron chi connectivity index (χ0n) is 21.0. The molecular weight excluding hydrogens is 480 g/mol. The Hall–Kier alpha value is -1.00. The van der Waals surface area contributed by atoms with E-state index in [0.29, 0.717) is 12.0 Å². The molecule has 2 saturated heterocycles. The van der Waals surface area contributed by atoms with Crippen LogP contribution in [0.5, 0.6) is 0 Å². The molecule has 3 aliphatic rings. The molecule has 0 aromatic carbocycles. The Morgan fingerprint density at radius 2 is 1.75 bits per heavy atom. The van der Waals surface area contributed by atoms with E-state index in [1.165, 1.54) is 0 Å². The smallest absolute Gasteiger partial charge is 0.187 e. The summed E-state index contributed by atoms with van der Waals surface area (Å²) in [6, 6.07) is 0. The zero-order chi connectivity index (χ0) is 27.0. The van der Waals surface area contributed by atoms with Gasteiger partial charge in [-0.15, -0.1) is 0 Å². The first-order valence-electron chi connectivity index (χ1n) is 12.1. The first-order chi connectivity index (χ1) is 16.8. The molecule has 208 valence electrons. The maximum Gasteiger partial charge on any atom is 0.187 e. The molecule has 12 nitrogen and oxygen atoms in total. The standard InChI is InChI=1S/C24H40O12/c1-11(27)5-6-13-12(2)18(14(28)7-23(13,3)4)35-21-19(17(30)16(29)15(8-25)34-21)36-22-20(31)24(32,9-26)10-33-22/h5-6,11,14-22,25-32H,7-10H2,1-4H3. The molecule has 2 heterocycles. The van der Waals surface area contributed by atoms with Gasteiger partial charge in [0.05, 0.1) is 32.0 Å². The molecule has 8 N–H and O–H groups in total. The average Bonchev–Trinajstić information content (AvgIpc) is 3.09. The fourth-order valence-corrected chi connectivity index (χ4v) is 5.02. The van der Waals surface area contributed by atoms with Gasteiger partial charge in [-0.3, -0.25) is 0 Å². The van der Waals surface area contributed by atoms with Crippen molar-refractivity contribution < 1.29 is 59.8 Å². The van der Waals surface area contributed by atoms with Crippen LogP contribution in [-0.4, -0.2) is 128 Å². The van der Waals surface area contributed by atoms with Crippen molar-refractivity contribution in [1.82, 2.24) is 0 Å². The quantitative estimate of drug-likeness (QED) is 0.170. The fourth-order valence-electron chi connectivity index (χ4n) is 5.02. The highest BCUT2D eigenvalue weighted by Crippen LogP contribution is 2.43. The van der Waals surface area contributed by atoms with Crippen LogP contribution in [0.2, 0.25) is 0 Å². The second-order valence-electron chi connectivity index (χ2n) is 10.6. The SMILES string of the molecule is CC1=C(C=CC(C)O)C(C)(C)CC(O)C1OC1OC(CO)C(O)C(O)C1OC1OCC(O)(CO)C1O. The van der Waals surface area contributed by atoms with E-state index in [1.807, 2.05) is 13.8 Å². The molecule has 2 aliphatic heterocycles. The van der Waals surface area contributed by atoms with Crippen LogP contribution in [-0.2, 0) is 18.9 Å². The van der Waals surface area contributed by atoms with Crippen LogP contribution in [0.15, 0.2) is 23.3 Å². The van der Waals surface area contributed by atoms with Gasteiger partial charge < -0.3 is 59.8 Å². The van der Waals surface area contributed by atoms with Crippen molar-refractivity contribution in [2.75, 3.05) is 19.8 Å². The van der Waals surface area contributed by atoms with Crippen LogP contribution < -0.4 is 0 Å². The predicted molar refractivity (Wildman–Crippen MR) is 123 cm³/mol. The molecule has 36 heavy (non-hydrogen) atoms. The van der Waals surface area contributed by atoms with Crippen LogP contribution >= 0.6 is 0 Å². The molecule has 0 saturated carbocycles. The van der Waals surface area contributed by atoms with Gasteiger partial charge in [0.15, 0.2) is 12.6 Å². The number of hydrogen-bond donors (Lipinski definition) is 8. The van der Waals surface area contributed by atoms with E-state index in [1.54, 1.807) is 26.0 Å². The Balaban J connectivity index is 1.90. The lowest BCUT2D eigenvalue weighted by molar-refractivity contribution is -0.345. The third-order valence-electron chi connectivity index (χ3n) is 7.17. The van der Waals surface area contributed by atoms with E-state index >= 15 is 0 Å². The topological polar surface area (TPSA) is 199 Å². The Bertz CT molecular complexity index is 813. The Labute approximate surface area is 210 Å². The van der Waals surface area contributed by atoms with Crippen LogP contribution in [0.3, 0.4) is 0 Å². The van der Waals surface area contributed by atoms with E-state index in [2.05, 4.69) is 0 Å². The van der Waals surface area contributed by atoms with Gasteiger partial charge in [-0.2, -0.15) is 0 Å². The van der Waals surface area contributed by atoms with Gasteiger partial charge in [-0.1, -0.05) is 26.0 Å². The van der Waals surface area contributed by atoms with E-state index in [4.69, 9.17) is 18.9 Å². The lowest BCUT2D eigenvalue weighted by Gasteiger charge is -2.46. The Morgan fingerprint density at radius 1 is 1.08 bits per heavy atom. The molecule has 0 aromatic heterocycles. The first kappa shape index (κ1) is 29.6. The van der Waals surface area contributed by atoms with Gasteiger partial charge in [0.25, 0.3) is 0 Å². The van der Waals surface area contributed by atoms with Crippen molar-refractivity contribution in [2.45, 2.75) is 101 Å². The summed E-state index contributed by atoms with van der Waals surface area (Å²) in [5.74, 6) is 0. The Morgan fingerprint density at radius 3 is 2.31 bits per heavy atom. The van der Waals surface area contributed by atoms with E-state index in [0.717, 1.165) is 5.57 Å².